The van der Waals surface area contributed by atoms with Gasteiger partial charge < -0.3 is 4.42 Å². The Bertz CT molecular complexity index is 410. The summed E-state index contributed by atoms with van der Waals surface area (Å²) in [7, 11) is 0. The molecule has 0 fully saturated rings. The minimum Gasteiger partial charge on any atom is -0.441 e. The molecule has 2 nitrogen and oxygen atoms in total. The van der Waals surface area contributed by atoms with Gasteiger partial charge in [-0.2, -0.15) is 0 Å². The molecule has 0 spiro atoms. The van der Waals surface area contributed by atoms with Crippen molar-refractivity contribution in [1.29, 1.82) is 0 Å². The van der Waals surface area contributed by atoms with Crippen molar-refractivity contribution >= 4 is 6.08 Å². The van der Waals surface area contributed by atoms with Gasteiger partial charge in [-0.1, -0.05) is 85.1 Å². The molecule has 0 N–H and O–H groups in total. The van der Waals surface area contributed by atoms with Crippen LogP contribution in [-0.4, -0.2) is 4.98 Å². The molecule has 0 bridgehead atoms. The van der Waals surface area contributed by atoms with Crippen LogP contribution < -0.4 is 0 Å². The smallest absolute Gasteiger partial charge is 0.218 e. The molecule has 2 heteroatoms. The first kappa shape index (κ1) is 19.0. The Morgan fingerprint density at radius 2 is 1.55 bits per heavy atom. The van der Waals surface area contributed by atoms with Crippen LogP contribution in [0.3, 0.4) is 0 Å². The van der Waals surface area contributed by atoms with E-state index in [0.717, 1.165) is 5.76 Å². The molecule has 1 unspecified atom stereocenters. The van der Waals surface area contributed by atoms with E-state index in [-0.39, 0.29) is 5.41 Å². The average molecular weight is 306 g/mol. The predicted octanol–water partition coefficient (Wildman–Crippen LogP) is 6.91. The molecule has 126 valence electrons. The summed E-state index contributed by atoms with van der Waals surface area (Å²) in [6.07, 6.45) is 17.9. The Morgan fingerprint density at radius 3 is 2.05 bits per heavy atom. The summed E-state index contributed by atoms with van der Waals surface area (Å²) in [5.74, 6) is 1.70. The molecule has 1 aromatic heterocycles. The van der Waals surface area contributed by atoms with Gasteiger partial charge in [-0.3, -0.25) is 0 Å². The lowest BCUT2D eigenvalue weighted by Gasteiger charge is -2.27. The van der Waals surface area contributed by atoms with Crippen molar-refractivity contribution in [2.75, 3.05) is 0 Å². The average Bonchev–Trinajstić information content (AvgIpc) is 3.01. The summed E-state index contributed by atoms with van der Waals surface area (Å²) < 4.78 is 5.90. The van der Waals surface area contributed by atoms with Gasteiger partial charge in [0.15, 0.2) is 0 Å². The van der Waals surface area contributed by atoms with Crippen molar-refractivity contribution < 1.29 is 4.42 Å². The van der Waals surface area contributed by atoms with Crippen LogP contribution in [0.5, 0.6) is 0 Å². The maximum Gasteiger partial charge on any atom is 0.218 e. The molecule has 0 aliphatic rings. The van der Waals surface area contributed by atoms with Crippen LogP contribution in [0.1, 0.15) is 103 Å². The maximum absolute atomic E-state index is 5.90. The molecule has 0 amide bonds. The van der Waals surface area contributed by atoms with Gasteiger partial charge in [-0.15, -0.1) is 0 Å². The van der Waals surface area contributed by atoms with Crippen molar-refractivity contribution in [2.24, 2.45) is 0 Å². The fourth-order valence-electron chi connectivity index (χ4n) is 3.09. The highest BCUT2D eigenvalue weighted by molar-refractivity contribution is 5.34. The van der Waals surface area contributed by atoms with Gasteiger partial charge in [0.05, 0.1) is 6.20 Å². The van der Waals surface area contributed by atoms with Crippen LogP contribution in [0.4, 0.5) is 0 Å². The Kier molecular flexibility index (Phi) is 9.19. The van der Waals surface area contributed by atoms with Gasteiger partial charge in [0.2, 0.25) is 5.89 Å². The molecule has 0 aliphatic carbocycles. The molecule has 1 atom stereocenters. The molecular formula is C20H35NO. The molecule has 0 saturated carbocycles. The number of aromatic nitrogens is 1. The van der Waals surface area contributed by atoms with Gasteiger partial charge in [0.25, 0.3) is 0 Å². The SMILES string of the molecule is C=Cc1ncc(C(C)(CCCCCC)CCCCCCC)o1. The Morgan fingerprint density at radius 1 is 1.00 bits per heavy atom. The maximum atomic E-state index is 5.90. The zero-order chi connectivity index (χ0) is 16.3. The number of nitrogens with zero attached hydrogens (tertiary/aromatic N) is 1. The lowest BCUT2D eigenvalue weighted by atomic mass is 9.78. The van der Waals surface area contributed by atoms with E-state index >= 15 is 0 Å². The van der Waals surface area contributed by atoms with Crippen LogP contribution >= 0.6 is 0 Å². The fraction of sp³-hybridized carbons (Fsp3) is 0.750. The van der Waals surface area contributed by atoms with Crippen LogP contribution in [0.2, 0.25) is 0 Å². The van der Waals surface area contributed by atoms with Gasteiger partial charge in [-0.25, -0.2) is 4.98 Å². The topological polar surface area (TPSA) is 26.0 Å². The third-order valence-corrected chi connectivity index (χ3v) is 4.71. The Balaban J connectivity index is 2.60. The van der Waals surface area contributed by atoms with E-state index in [1.807, 2.05) is 6.20 Å². The van der Waals surface area contributed by atoms with E-state index in [0.29, 0.717) is 5.89 Å². The first-order valence-corrected chi connectivity index (χ1v) is 9.25. The third-order valence-electron chi connectivity index (χ3n) is 4.71. The molecule has 0 radical (unpaired) electrons. The van der Waals surface area contributed by atoms with E-state index < -0.39 is 0 Å². The normalized spacial score (nSPS) is 14.0. The van der Waals surface area contributed by atoms with E-state index in [2.05, 4.69) is 32.3 Å². The summed E-state index contributed by atoms with van der Waals surface area (Å²) in [5, 5.41) is 0. The first-order valence-electron chi connectivity index (χ1n) is 9.25. The first-order chi connectivity index (χ1) is 10.7. The standard InChI is InChI=1S/C20H35NO/c1-5-8-10-12-14-16-20(4,15-13-11-9-6-2)18-17-21-19(7-3)22-18/h7,17H,3,5-6,8-16H2,1-2,4H3. The second kappa shape index (κ2) is 10.6. The molecule has 22 heavy (non-hydrogen) atoms. The summed E-state index contributed by atoms with van der Waals surface area (Å²) in [6, 6.07) is 0. The quantitative estimate of drug-likeness (QED) is 0.370. The van der Waals surface area contributed by atoms with Crippen LogP contribution in [-0.2, 0) is 5.41 Å². The lowest BCUT2D eigenvalue weighted by Crippen LogP contribution is -2.21. The van der Waals surface area contributed by atoms with Crippen molar-refractivity contribution in [1.82, 2.24) is 4.98 Å². The molecule has 1 rings (SSSR count). The van der Waals surface area contributed by atoms with Crippen LogP contribution in [0.25, 0.3) is 6.08 Å². The molecule has 0 saturated heterocycles. The van der Waals surface area contributed by atoms with Crippen molar-refractivity contribution in [2.45, 2.75) is 96.8 Å². The molecular weight excluding hydrogens is 270 g/mol. The van der Waals surface area contributed by atoms with Crippen molar-refractivity contribution in [3.8, 4) is 0 Å². The highest BCUT2D eigenvalue weighted by Gasteiger charge is 2.29. The monoisotopic (exact) mass is 305 g/mol. The molecule has 1 heterocycles. The van der Waals surface area contributed by atoms with Gasteiger partial charge in [0.1, 0.15) is 5.76 Å². The fourth-order valence-corrected chi connectivity index (χ4v) is 3.09. The van der Waals surface area contributed by atoms with Crippen LogP contribution in [0, 0.1) is 0 Å². The summed E-state index contributed by atoms with van der Waals surface area (Å²) in [5.41, 5.74) is 0.133. The zero-order valence-corrected chi connectivity index (χ0v) is 15.0. The van der Waals surface area contributed by atoms with Crippen molar-refractivity contribution in [3.63, 3.8) is 0 Å². The van der Waals surface area contributed by atoms with Gasteiger partial charge >= 0.3 is 0 Å². The molecule has 0 aliphatic heterocycles. The van der Waals surface area contributed by atoms with Crippen molar-refractivity contribution in [3.05, 3.63) is 24.4 Å². The second-order valence-electron chi connectivity index (χ2n) is 6.80. The minimum absolute atomic E-state index is 0.133. The zero-order valence-electron chi connectivity index (χ0n) is 15.0. The summed E-state index contributed by atoms with van der Waals surface area (Å²) in [4.78, 5) is 4.32. The van der Waals surface area contributed by atoms with Crippen LogP contribution in [0.15, 0.2) is 17.2 Å². The highest BCUT2D eigenvalue weighted by atomic mass is 16.4. The van der Waals surface area contributed by atoms with Gasteiger partial charge in [-0.05, 0) is 18.9 Å². The predicted molar refractivity (Wildman–Crippen MR) is 96.1 cm³/mol. The van der Waals surface area contributed by atoms with Gasteiger partial charge in [0, 0.05) is 5.41 Å². The highest BCUT2D eigenvalue weighted by Crippen LogP contribution is 2.36. The Hall–Kier alpha value is -1.05. The number of rotatable bonds is 13. The molecule has 1 aromatic rings. The second-order valence-corrected chi connectivity index (χ2v) is 6.80. The largest absolute Gasteiger partial charge is 0.441 e. The number of oxazole rings is 1. The van der Waals surface area contributed by atoms with E-state index in [1.54, 1.807) is 6.08 Å². The van der Waals surface area contributed by atoms with E-state index in [9.17, 15) is 0 Å². The number of hydrogen-bond donors (Lipinski definition) is 0. The van der Waals surface area contributed by atoms with E-state index in [4.69, 9.17) is 4.42 Å². The summed E-state index contributed by atoms with van der Waals surface area (Å²) >= 11 is 0. The Labute approximate surface area is 137 Å². The minimum atomic E-state index is 0.133. The number of unbranched alkanes of at least 4 members (excludes halogenated alkanes) is 7. The number of hydrogen-bond acceptors (Lipinski definition) is 2. The third kappa shape index (κ3) is 6.37. The summed E-state index contributed by atoms with van der Waals surface area (Å²) in [6.45, 7) is 10.6. The lowest BCUT2D eigenvalue weighted by molar-refractivity contribution is 0.296. The molecule has 0 aromatic carbocycles. The van der Waals surface area contributed by atoms with E-state index in [1.165, 1.54) is 70.6 Å².